The molecule has 1 fully saturated rings. The predicted molar refractivity (Wildman–Crippen MR) is 242 cm³/mol. The lowest BCUT2D eigenvalue weighted by Gasteiger charge is -2.39. The summed E-state index contributed by atoms with van der Waals surface area (Å²) in [6, 6.07) is 36.5. The molecule has 0 bridgehead atoms. The first-order valence-electron chi connectivity index (χ1n) is 20.0. The largest absolute Gasteiger partial charge is 0.497 e. The molecule has 1 N–H and O–H groups in total. The highest BCUT2D eigenvalue weighted by atomic mass is 127. The molecule has 1 aliphatic heterocycles. The zero-order valence-electron chi connectivity index (χ0n) is 35.1. The quantitative estimate of drug-likeness (QED) is 0.0366. The topological polar surface area (TPSA) is 146 Å². The van der Waals surface area contributed by atoms with E-state index < -0.39 is 38.3 Å². The zero-order chi connectivity index (χ0) is 43.5. The second-order valence-corrected chi connectivity index (χ2v) is 17.4. The molecule has 4 atom stereocenters. The van der Waals surface area contributed by atoms with Crippen molar-refractivity contribution in [3.05, 3.63) is 152 Å². The van der Waals surface area contributed by atoms with Crippen LogP contribution in [0.15, 0.2) is 120 Å². The Balaban J connectivity index is 1.41. The Kier molecular flexibility index (Phi) is 16.1. The van der Waals surface area contributed by atoms with E-state index in [-0.39, 0.29) is 49.9 Å². The van der Waals surface area contributed by atoms with Gasteiger partial charge in [-0.1, -0.05) is 72.8 Å². The van der Waals surface area contributed by atoms with Gasteiger partial charge < -0.3 is 33.3 Å². The predicted octanol–water partition coefficient (Wildman–Crippen LogP) is 9.07. The van der Waals surface area contributed by atoms with E-state index in [4.69, 9.17) is 28.0 Å². The molecule has 320 valence electrons. The normalized spacial score (nSPS) is 17.0. The monoisotopic (exact) mass is 959 g/mol. The van der Waals surface area contributed by atoms with E-state index in [1.165, 1.54) is 4.57 Å². The molecule has 15 heteroatoms. The van der Waals surface area contributed by atoms with Crippen molar-refractivity contribution < 1.29 is 32.8 Å². The number of anilines is 1. The Bertz CT molecular complexity index is 2240. The lowest BCUT2D eigenvalue weighted by Crippen LogP contribution is -2.39. The van der Waals surface area contributed by atoms with Gasteiger partial charge in [0.05, 0.1) is 49.6 Å². The summed E-state index contributed by atoms with van der Waals surface area (Å²) < 4.78 is 42.6. The number of benzene rings is 4. The van der Waals surface area contributed by atoms with Gasteiger partial charge in [-0.25, -0.2) is 9.46 Å². The molecule has 0 spiro atoms. The molecule has 1 amide bonds. The highest BCUT2D eigenvalue weighted by Crippen LogP contribution is 2.51. The minimum atomic E-state index is -1.71. The minimum Gasteiger partial charge on any atom is -0.497 e. The summed E-state index contributed by atoms with van der Waals surface area (Å²) >= 11 is 2.05. The van der Waals surface area contributed by atoms with Gasteiger partial charge in [-0.05, 0) is 103 Å². The third kappa shape index (κ3) is 10.8. The fourth-order valence-corrected chi connectivity index (χ4v) is 9.65. The van der Waals surface area contributed by atoms with E-state index in [0.29, 0.717) is 20.6 Å². The van der Waals surface area contributed by atoms with Crippen LogP contribution in [0.1, 0.15) is 73.8 Å². The molecule has 1 aliphatic rings. The van der Waals surface area contributed by atoms with Gasteiger partial charge in [-0.2, -0.15) is 10.2 Å². The zero-order valence-corrected chi connectivity index (χ0v) is 38.1. The van der Waals surface area contributed by atoms with Crippen LogP contribution in [0.5, 0.6) is 11.5 Å². The number of halogens is 1. The van der Waals surface area contributed by atoms with Crippen LogP contribution in [0.2, 0.25) is 0 Å². The minimum absolute atomic E-state index is 0.0172. The van der Waals surface area contributed by atoms with Crippen molar-refractivity contribution in [1.82, 2.24) is 14.2 Å². The van der Waals surface area contributed by atoms with E-state index in [0.717, 1.165) is 16.7 Å². The average molecular weight is 960 g/mol. The van der Waals surface area contributed by atoms with Gasteiger partial charge in [0.15, 0.2) is 5.82 Å². The van der Waals surface area contributed by atoms with Crippen LogP contribution in [0, 0.1) is 14.9 Å². The van der Waals surface area contributed by atoms with Crippen molar-refractivity contribution in [2.45, 2.75) is 76.7 Å². The first-order chi connectivity index (χ1) is 29.5. The van der Waals surface area contributed by atoms with Gasteiger partial charge in [0.2, 0.25) is 0 Å². The Labute approximate surface area is 372 Å². The van der Waals surface area contributed by atoms with Crippen molar-refractivity contribution in [1.29, 1.82) is 5.26 Å². The van der Waals surface area contributed by atoms with Crippen molar-refractivity contribution in [3.8, 4) is 17.6 Å². The number of carbonyl (C=O) groups is 1. The van der Waals surface area contributed by atoms with Crippen LogP contribution < -0.4 is 20.5 Å². The molecule has 1 saturated heterocycles. The molecule has 61 heavy (non-hydrogen) atoms. The highest BCUT2D eigenvalue weighted by Gasteiger charge is 2.45. The molecule has 6 rings (SSSR count). The van der Waals surface area contributed by atoms with Gasteiger partial charge in [0, 0.05) is 30.3 Å². The molecular weight excluding hydrogens is 908 g/mol. The molecule has 13 nitrogen and oxygen atoms in total. The van der Waals surface area contributed by atoms with E-state index in [2.05, 4.69) is 71.3 Å². The van der Waals surface area contributed by atoms with Crippen LogP contribution >= 0.6 is 31.1 Å². The molecule has 2 heterocycles. The Morgan fingerprint density at radius 1 is 0.918 bits per heavy atom. The number of nitrogens with zero attached hydrogens (tertiary/aromatic N) is 4. The second kappa shape index (κ2) is 21.4. The lowest BCUT2D eigenvalue weighted by molar-refractivity contribution is -0.0925. The van der Waals surface area contributed by atoms with Gasteiger partial charge in [-0.15, -0.1) is 0 Å². The van der Waals surface area contributed by atoms with E-state index >= 15 is 0 Å². The van der Waals surface area contributed by atoms with Crippen molar-refractivity contribution in [3.63, 3.8) is 0 Å². The molecule has 0 saturated carbocycles. The molecule has 1 aromatic heterocycles. The van der Waals surface area contributed by atoms with E-state index in [1.807, 2.05) is 84.9 Å². The van der Waals surface area contributed by atoms with Crippen molar-refractivity contribution >= 4 is 42.8 Å². The summed E-state index contributed by atoms with van der Waals surface area (Å²) in [6.45, 7) is 8.49. The number of amides is 1. The maximum Gasteiger partial charge on any atom is 0.351 e. The number of nitrogens with one attached hydrogen (secondary N) is 1. The SMILES string of the molecule is COc1ccc(C(OC[C@H]2O[C@@H](n3cc(I)c(NC(=O)c4ccccc4)nc3=O)C[C@H]2OP(OCCC#N)N(C(C)C)C(C)C)(c2ccccc2)c2ccc(OC)cc2)cc1. The van der Waals surface area contributed by atoms with Crippen LogP contribution in [-0.2, 0) is 24.1 Å². The maximum absolute atomic E-state index is 13.8. The number of carbonyl (C=O) groups excluding carboxylic acids is 1. The standard InChI is InChI=1S/C46H51IN5O8P/c1-31(2)52(32(3)4)61(58-27-13-26-48)60-40-28-42(51-29-39(47)43(50-45(51)54)49-44(53)33-14-9-7-10-15-33)59-41(40)30-57-46(34-16-11-8-12-17-34,35-18-22-37(55-5)23-19-35)36-20-24-38(56-6)25-21-36/h7-12,14-25,29,31-32,40-42H,13,27-28,30H2,1-6H3,(H,49,50,53,54)/t40-,41-,42-,61?/m1/s1. The first-order valence-corrected chi connectivity index (χ1v) is 22.2. The molecule has 0 aliphatic carbocycles. The number of rotatable bonds is 19. The van der Waals surface area contributed by atoms with Crippen molar-refractivity contribution in [2.24, 2.45) is 0 Å². The number of hydrogen-bond acceptors (Lipinski definition) is 11. The summed E-state index contributed by atoms with van der Waals surface area (Å²) in [5.41, 5.74) is 1.22. The van der Waals surface area contributed by atoms with Crippen LogP contribution in [0.25, 0.3) is 0 Å². The molecule has 0 radical (unpaired) electrons. The Hall–Kier alpha value is -4.72. The van der Waals surface area contributed by atoms with Gasteiger partial charge in [-0.3, -0.25) is 9.36 Å². The van der Waals surface area contributed by atoms with Crippen LogP contribution in [0.3, 0.4) is 0 Å². The van der Waals surface area contributed by atoms with Crippen LogP contribution in [-0.4, -0.2) is 71.9 Å². The number of nitriles is 1. The van der Waals surface area contributed by atoms with Crippen LogP contribution in [0.4, 0.5) is 5.82 Å². The Morgan fingerprint density at radius 2 is 1.48 bits per heavy atom. The summed E-state index contributed by atoms with van der Waals surface area (Å²) in [4.78, 5) is 31.1. The first kappa shape index (κ1) is 45.8. The van der Waals surface area contributed by atoms with E-state index in [1.54, 1.807) is 44.7 Å². The van der Waals surface area contributed by atoms with Gasteiger partial charge in [0.25, 0.3) is 14.4 Å². The fourth-order valence-electron chi connectivity index (χ4n) is 7.33. The molecular formula is C46H51IN5O8P. The number of hydrogen-bond donors (Lipinski definition) is 1. The molecule has 1 unspecified atom stereocenters. The third-order valence-corrected chi connectivity index (χ3v) is 13.1. The fraction of sp³-hybridized carbons (Fsp3) is 0.348. The van der Waals surface area contributed by atoms with Crippen molar-refractivity contribution in [2.75, 3.05) is 32.8 Å². The molecule has 4 aromatic carbocycles. The molecule has 5 aromatic rings. The average Bonchev–Trinajstić information content (AvgIpc) is 3.67. The number of ether oxygens (including phenoxy) is 4. The second-order valence-electron chi connectivity index (χ2n) is 14.8. The maximum atomic E-state index is 13.8. The highest BCUT2D eigenvalue weighted by molar-refractivity contribution is 14.1. The number of methoxy groups -OCH3 is 2. The summed E-state index contributed by atoms with van der Waals surface area (Å²) in [7, 11) is 1.55. The van der Waals surface area contributed by atoms with E-state index in [9.17, 15) is 14.9 Å². The Morgan fingerprint density at radius 3 is 2.02 bits per heavy atom. The summed E-state index contributed by atoms with van der Waals surface area (Å²) in [5, 5.41) is 12.2. The number of aromatic nitrogens is 2. The lowest BCUT2D eigenvalue weighted by atomic mass is 9.80. The smallest absolute Gasteiger partial charge is 0.351 e. The summed E-state index contributed by atoms with van der Waals surface area (Å²) in [6.07, 6.45) is -0.113. The summed E-state index contributed by atoms with van der Waals surface area (Å²) in [5.74, 6) is 1.15. The van der Waals surface area contributed by atoms with Gasteiger partial charge in [0.1, 0.15) is 29.4 Å². The third-order valence-electron chi connectivity index (χ3n) is 10.2. The van der Waals surface area contributed by atoms with Gasteiger partial charge >= 0.3 is 5.69 Å².